The van der Waals surface area contributed by atoms with Crippen LogP contribution in [0.15, 0.2) is 60.7 Å². The summed E-state index contributed by atoms with van der Waals surface area (Å²) in [6, 6.07) is 17.2. The summed E-state index contributed by atoms with van der Waals surface area (Å²) in [5, 5.41) is 5.69. The van der Waals surface area contributed by atoms with Gasteiger partial charge in [-0.05, 0) is 30.4 Å². The topological polar surface area (TPSA) is 95.6 Å². The van der Waals surface area contributed by atoms with Crippen molar-refractivity contribution in [3.8, 4) is 0 Å². The van der Waals surface area contributed by atoms with E-state index >= 15 is 0 Å². The van der Waals surface area contributed by atoms with Crippen molar-refractivity contribution in [3.05, 3.63) is 71.8 Å². The summed E-state index contributed by atoms with van der Waals surface area (Å²) in [6.45, 7) is 0.331. The molecular formula is C28H33N3O4. The number of benzene rings is 2. The number of nitrogens with zero attached hydrogens (tertiary/aromatic N) is 1. The van der Waals surface area contributed by atoms with Crippen LogP contribution in [-0.2, 0) is 32.1 Å². The number of Topliss-reactive ketones (excluding diaryl/α,β-unsaturated/α-hetero) is 1. The van der Waals surface area contributed by atoms with Crippen LogP contribution in [0.5, 0.6) is 0 Å². The predicted octanol–water partition coefficient (Wildman–Crippen LogP) is 2.92. The standard InChI is InChI=1S/C28H33N3O4/c32-25-17-16-24(31(25)19-21-12-6-2-7-13-21)27(34)30-23(18-20-10-4-1-5-11-20)26(33)28(35)29-22-14-8-3-9-15-22/h1-2,4-7,10-13,22-24H,3,8-9,14-19H2,(H,29,35)(H,30,34). The van der Waals surface area contributed by atoms with E-state index in [1.807, 2.05) is 60.7 Å². The van der Waals surface area contributed by atoms with Crippen molar-refractivity contribution in [1.29, 1.82) is 0 Å². The van der Waals surface area contributed by atoms with Crippen molar-refractivity contribution in [1.82, 2.24) is 15.5 Å². The van der Waals surface area contributed by atoms with Gasteiger partial charge in [-0.1, -0.05) is 79.9 Å². The Bertz CT molecular complexity index is 1030. The summed E-state index contributed by atoms with van der Waals surface area (Å²) in [5.74, 6) is -1.78. The molecule has 0 spiro atoms. The van der Waals surface area contributed by atoms with E-state index in [0.717, 1.165) is 43.2 Å². The quantitative estimate of drug-likeness (QED) is 0.545. The van der Waals surface area contributed by atoms with Gasteiger partial charge in [0.15, 0.2) is 0 Å². The first-order valence-corrected chi connectivity index (χ1v) is 12.5. The monoisotopic (exact) mass is 475 g/mol. The molecule has 1 aliphatic heterocycles. The molecule has 0 radical (unpaired) electrons. The third-order valence-electron chi connectivity index (χ3n) is 6.91. The normalized spacial score (nSPS) is 19.3. The van der Waals surface area contributed by atoms with Crippen LogP contribution < -0.4 is 10.6 Å². The third-order valence-corrected chi connectivity index (χ3v) is 6.91. The van der Waals surface area contributed by atoms with Crippen molar-refractivity contribution in [2.45, 2.75) is 76.0 Å². The Kier molecular flexibility index (Phi) is 8.29. The van der Waals surface area contributed by atoms with Gasteiger partial charge in [0.05, 0.1) is 0 Å². The fourth-order valence-electron chi connectivity index (χ4n) is 4.97. The minimum absolute atomic E-state index is 0.00194. The number of likely N-dealkylation sites (tertiary alicyclic amines) is 1. The molecule has 7 heteroatoms. The van der Waals surface area contributed by atoms with E-state index in [9.17, 15) is 19.2 Å². The van der Waals surface area contributed by atoms with Gasteiger partial charge in [0.25, 0.3) is 5.91 Å². The molecule has 1 saturated heterocycles. The summed E-state index contributed by atoms with van der Waals surface area (Å²) in [5.41, 5.74) is 1.78. The van der Waals surface area contributed by atoms with Crippen LogP contribution in [0.2, 0.25) is 0 Å². The number of amides is 3. The minimum atomic E-state index is -0.997. The molecular weight excluding hydrogens is 442 g/mol. The highest BCUT2D eigenvalue weighted by atomic mass is 16.2. The van der Waals surface area contributed by atoms with Crippen LogP contribution in [0.1, 0.15) is 56.1 Å². The summed E-state index contributed by atoms with van der Waals surface area (Å²) < 4.78 is 0. The van der Waals surface area contributed by atoms with Crippen LogP contribution in [0.25, 0.3) is 0 Å². The maximum atomic E-state index is 13.3. The van der Waals surface area contributed by atoms with Crippen molar-refractivity contribution >= 4 is 23.5 Å². The molecule has 184 valence electrons. The Balaban J connectivity index is 1.47. The smallest absolute Gasteiger partial charge is 0.289 e. The third kappa shape index (κ3) is 6.56. The lowest BCUT2D eigenvalue weighted by Crippen LogP contribution is -2.54. The highest BCUT2D eigenvalue weighted by Crippen LogP contribution is 2.22. The molecule has 2 atom stereocenters. The molecule has 2 unspecified atom stereocenters. The molecule has 1 aliphatic carbocycles. The van der Waals surface area contributed by atoms with Gasteiger partial charge in [-0.25, -0.2) is 0 Å². The van der Waals surface area contributed by atoms with Crippen LogP contribution in [-0.4, -0.2) is 46.5 Å². The number of hydrogen-bond donors (Lipinski definition) is 2. The largest absolute Gasteiger partial charge is 0.347 e. The second kappa shape index (κ2) is 11.8. The second-order valence-electron chi connectivity index (χ2n) is 9.49. The van der Waals surface area contributed by atoms with Crippen molar-refractivity contribution in [2.24, 2.45) is 0 Å². The second-order valence-corrected chi connectivity index (χ2v) is 9.49. The lowest BCUT2D eigenvalue weighted by Gasteiger charge is -2.27. The Morgan fingerprint density at radius 2 is 1.49 bits per heavy atom. The van der Waals surface area contributed by atoms with Gasteiger partial charge in [0.2, 0.25) is 17.6 Å². The Labute approximate surface area is 206 Å². The zero-order chi connectivity index (χ0) is 24.6. The van der Waals surface area contributed by atoms with E-state index in [4.69, 9.17) is 0 Å². The number of carbonyl (C=O) groups excluding carboxylic acids is 4. The molecule has 0 bridgehead atoms. The first-order chi connectivity index (χ1) is 17.0. The fraction of sp³-hybridized carbons (Fsp3) is 0.429. The summed E-state index contributed by atoms with van der Waals surface area (Å²) in [7, 11) is 0. The van der Waals surface area contributed by atoms with Gasteiger partial charge >= 0.3 is 0 Å². The molecule has 3 amide bonds. The molecule has 4 rings (SSSR count). The molecule has 2 aromatic carbocycles. The van der Waals surface area contributed by atoms with E-state index in [1.165, 1.54) is 0 Å². The molecule has 1 saturated carbocycles. The Hall–Kier alpha value is -3.48. The van der Waals surface area contributed by atoms with Crippen LogP contribution in [0, 0.1) is 0 Å². The minimum Gasteiger partial charge on any atom is -0.347 e. The highest BCUT2D eigenvalue weighted by Gasteiger charge is 2.38. The molecule has 0 aromatic heterocycles. The molecule has 2 aliphatic rings. The highest BCUT2D eigenvalue weighted by molar-refractivity contribution is 6.38. The summed E-state index contributed by atoms with van der Waals surface area (Å²) in [6.07, 6.45) is 5.84. The SMILES string of the molecule is O=C(NC1CCCCC1)C(=O)C(Cc1ccccc1)NC(=O)C1CCC(=O)N1Cc1ccccc1. The average molecular weight is 476 g/mol. The van der Waals surface area contributed by atoms with E-state index in [0.29, 0.717) is 13.0 Å². The van der Waals surface area contributed by atoms with E-state index in [2.05, 4.69) is 10.6 Å². The van der Waals surface area contributed by atoms with E-state index < -0.39 is 29.7 Å². The van der Waals surface area contributed by atoms with Crippen molar-refractivity contribution in [3.63, 3.8) is 0 Å². The number of ketones is 1. The Morgan fingerprint density at radius 1 is 0.857 bits per heavy atom. The maximum Gasteiger partial charge on any atom is 0.289 e. The first-order valence-electron chi connectivity index (χ1n) is 12.5. The maximum absolute atomic E-state index is 13.3. The molecule has 35 heavy (non-hydrogen) atoms. The van der Waals surface area contributed by atoms with Gasteiger partial charge < -0.3 is 15.5 Å². The van der Waals surface area contributed by atoms with Crippen LogP contribution in [0.3, 0.4) is 0 Å². The molecule has 2 aromatic rings. The van der Waals surface area contributed by atoms with Gasteiger partial charge in [-0.2, -0.15) is 0 Å². The summed E-state index contributed by atoms with van der Waals surface area (Å²) in [4.78, 5) is 53.5. The van der Waals surface area contributed by atoms with Gasteiger partial charge in [0.1, 0.15) is 12.1 Å². The lowest BCUT2D eigenvalue weighted by molar-refractivity contribution is -0.141. The first kappa shape index (κ1) is 24.6. The lowest BCUT2D eigenvalue weighted by atomic mass is 9.95. The number of rotatable bonds is 9. The van der Waals surface area contributed by atoms with Crippen LogP contribution >= 0.6 is 0 Å². The summed E-state index contributed by atoms with van der Waals surface area (Å²) >= 11 is 0. The molecule has 2 N–H and O–H groups in total. The van der Waals surface area contributed by atoms with Gasteiger partial charge in [0, 0.05) is 25.4 Å². The van der Waals surface area contributed by atoms with E-state index in [-0.39, 0.29) is 24.8 Å². The van der Waals surface area contributed by atoms with Crippen molar-refractivity contribution < 1.29 is 19.2 Å². The number of hydrogen-bond acceptors (Lipinski definition) is 4. The predicted molar refractivity (Wildman–Crippen MR) is 132 cm³/mol. The number of carbonyl (C=O) groups is 4. The zero-order valence-corrected chi connectivity index (χ0v) is 19.9. The zero-order valence-electron chi connectivity index (χ0n) is 19.9. The molecule has 2 fully saturated rings. The fourth-order valence-corrected chi connectivity index (χ4v) is 4.97. The van der Waals surface area contributed by atoms with Gasteiger partial charge in [-0.3, -0.25) is 19.2 Å². The average Bonchev–Trinajstić information content (AvgIpc) is 3.25. The van der Waals surface area contributed by atoms with Crippen molar-refractivity contribution in [2.75, 3.05) is 0 Å². The van der Waals surface area contributed by atoms with Crippen LogP contribution in [0.4, 0.5) is 0 Å². The Morgan fingerprint density at radius 3 is 2.14 bits per heavy atom. The van der Waals surface area contributed by atoms with E-state index in [1.54, 1.807) is 4.90 Å². The molecule has 7 nitrogen and oxygen atoms in total. The van der Waals surface area contributed by atoms with Gasteiger partial charge in [-0.15, -0.1) is 0 Å². The molecule has 1 heterocycles. The number of nitrogens with one attached hydrogen (secondary N) is 2.